The summed E-state index contributed by atoms with van der Waals surface area (Å²) in [6.07, 6.45) is 6.07. The lowest BCUT2D eigenvalue weighted by atomic mass is 10.2. The number of thioether (sulfide) groups is 1. The van der Waals surface area contributed by atoms with E-state index in [2.05, 4.69) is 11.6 Å². The number of nitrogens with one attached hydrogen (secondary N) is 1. The predicted octanol–water partition coefficient (Wildman–Crippen LogP) is 4.00. The first-order valence-electron chi connectivity index (χ1n) is 6.92. The third kappa shape index (κ3) is 7.21. The van der Waals surface area contributed by atoms with Gasteiger partial charge in [0.05, 0.1) is 6.10 Å². The van der Waals surface area contributed by atoms with Crippen molar-refractivity contribution in [2.24, 2.45) is 0 Å². The van der Waals surface area contributed by atoms with Crippen LogP contribution in [-0.4, -0.2) is 24.7 Å². The van der Waals surface area contributed by atoms with Crippen LogP contribution < -0.4 is 15.8 Å². The highest BCUT2D eigenvalue weighted by molar-refractivity contribution is 7.98. The Morgan fingerprint density at radius 1 is 1.21 bits per heavy atom. The molecule has 0 atom stereocenters. The van der Waals surface area contributed by atoms with E-state index < -0.39 is 0 Å². The average Bonchev–Trinajstić information content (AvgIpc) is 2.32. The largest absolute Gasteiger partial charge is 0.491 e. The fourth-order valence-electron chi connectivity index (χ4n) is 1.85. The molecule has 19 heavy (non-hydrogen) atoms. The third-order valence-corrected chi connectivity index (χ3v) is 3.35. The molecule has 108 valence electrons. The van der Waals surface area contributed by atoms with Crippen LogP contribution >= 0.6 is 11.8 Å². The summed E-state index contributed by atoms with van der Waals surface area (Å²) < 4.78 is 5.67. The van der Waals surface area contributed by atoms with Crippen molar-refractivity contribution in [3.8, 4) is 5.75 Å². The number of rotatable bonds is 9. The molecule has 1 aromatic rings. The highest BCUT2D eigenvalue weighted by atomic mass is 32.2. The lowest BCUT2D eigenvalue weighted by Gasteiger charge is -2.13. The Kier molecular flexibility index (Phi) is 7.56. The zero-order valence-corrected chi connectivity index (χ0v) is 13.1. The molecule has 0 aromatic heterocycles. The maximum atomic E-state index is 5.88. The van der Waals surface area contributed by atoms with Gasteiger partial charge in [0.15, 0.2) is 0 Å². The Hall–Kier alpha value is -1.03. The van der Waals surface area contributed by atoms with E-state index in [1.54, 1.807) is 0 Å². The second-order valence-corrected chi connectivity index (χ2v) is 5.92. The molecule has 0 aliphatic carbocycles. The number of hydrogen-bond donors (Lipinski definition) is 2. The van der Waals surface area contributed by atoms with Gasteiger partial charge in [-0.2, -0.15) is 11.8 Å². The van der Waals surface area contributed by atoms with E-state index in [1.807, 2.05) is 43.8 Å². The zero-order valence-electron chi connectivity index (χ0n) is 12.2. The molecule has 0 unspecified atom stereocenters. The first-order chi connectivity index (χ1) is 9.11. The molecule has 0 heterocycles. The number of ether oxygens (including phenoxy) is 1. The van der Waals surface area contributed by atoms with Gasteiger partial charge in [-0.05, 0) is 44.8 Å². The van der Waals surface area contributed by atoms with Gasteiger partial charge in [0.25, 0.3) is 0 Å². The van der Waals surface area contributed by atoms with Crippen LogP contribution in [0.25, 0.3) is 0 Å². The topological polar surface area (TPSA) is 47.3 Å². The Morgan fingerprint density at radius 2 is 2.00 bits per heavy atom. The molecule has 0 radical (unpaired) electrons. The van der Waals surface area contributed by atoms with Gasteiger partial charge in [-0.25, -0.2) is 0 Å². The van der Waals surface area contributed by atoms with Crippen molar-refractivity contribution < 1.29 is 4.74 Å². The first kappa shape index (κ1) is 16.0. The minimum Gasteiger partial charge on any atom is -0.491 e. The number of unbranched alkanes of at least 4 members (excludes halogenated alkanes) is 2. The molecule has 4 heteroatoms. The van der Waals surface area contributed by atoms with E-state index in [-0.39, 0.29) is 6.10 Å². The van der Waals surface area contributed by atoms with Crippen molar-refractivity contribution in [3.05, 3.63) is 18.2 Å². The van der Waals surface area contributed by atoms with Gasteiger partial charge in [0.2, 0.25) is 0 Å². The van der Waals surface area contributed by atoms with Crippen molar-refractivity contribution in [1.29, 1.82) is 0 Å². The molecule has 0 saturated carbocycles. The van der Waals surface area contributed by atoms with E-state index in [4.69, 9.17) is 10.5 Å². The molecular weight excluding hydrogens is 256 g/mol. The summed E-state index contributed by atoms with van der Waals surface area (Å²) in [5.41, 5.74) is 7.66. The van der Waals surface area contributed by atoms with Gasteiger partial charge in [0.1, 0.15) is 5.75 Å². The predicted molar refractivity (Wildman–Crippen MR) is 87.3 cm³/mol. The molecule has 0 aliphatic heterocycles. The summed E-state index contributed by atoms with van der Waals surface area (Å²) >= 11 is 1.91. The Labute approximate surface area is 121 Å². The fraction of sp³-hybridized carbons (Fsp3) is 0.600. The highest BCUT2D eigenvalue weighted by Crippen LogP contribution is 2.23. The van der Waals surface area contributed by atoms with Crippen LogP contribution in [0.2, 0.25) is 0 Å². The van der Waals surface area contributed by atoms with Crippen LogP contribution in [0.5, 0.6) is 5.75 Å². The Bertz CT molecular complexity index is 369. The van der Waals surface area contributed by atoms with E-state index in [1.165, 1.54) is 25.0 Å². The van der Waals surface area contributed by atoms with Gasteiger partial charge in [-0.3, -0.25) is 0 Å². The third-order valence-electron chi connectivity index (χ3n) is 2.66. The van der Waals surface area contributed by atoms with E-state index in [0.29, 0.717) is 0 Å². The second kappa shape index (κ2) is 8.97. The fourth-order valence-corrected chi connectivity index (χ4v) is 2.34. The standard InChI is InChI=1S/C15H26N2OS/c1-12(2)18-15-10-13(16)9-14(11-15)17-7-5-4-6-8-19-3/h9-12,17H,4-8,16H2,1-3H3. The van der Waals surface area contributed by atoms with Crippen molar-refractivity contribution in [1.82, 2.24) is 0 Å². The first-order valence-corrected chi connectivity index (χ1v) is 8.31. The van der Waals surface area contributed by atoms with Crippen molar-refractivity contribution in [2.45, 2.75) is 39.2 Å². The Morgan fingerprint density at radius 3 is 2.68 bits per heavy atom. The number of anilines is 2. The molecule has 0 saturated heterocycles. The van der Waals surface area contributed by atoms with Crippen LogP contribution in [0.15, 0.2) is 18.2 Å². The maximum Gasteiger partial charge on any atom is 0.123 e. The summed E-state index contributed by atoms with van der Waals surface area (Å²) in [6.45, 7) is 5.02. The SMILES string of the molecule is CSCCCCCNc1cc(N)cc(OC(C)C)c1. The molecule has 1 rings (SSSR count). The van der Waals surface area contributed by atoms with Gasteiger partial charge in [0, 0.05) is 30.1 Å². The molecule has 0 fully saturated rings. The smallest absolute Gasteiger partial charge is 0.123 e. The van der Waals surface area contributed by atoms with Gasteiger partial charge < -0.3 is 15.8 Å². The minimum atomic E-state index is 0.168. The van der Waals surface area contributed by atoms with Crippen molar-refractivity contribution >= 4 is 23.1 Å². The molecule has 0 spiro atoms. The summed E-state index contributed by atoms with van der Waals surface area (Å²) in [5, 5.41) is 3.41. The van der Waals surface area contributed by atoms with Crippen LogP contribution in [0.3, 0.4) is 0 Å². The highest BCUT2D eigenvalue weighted by Gasteiger charge is 2.02. The van der Waals surface area contributed by atoms with E-state index >= 15 is 0 Å². The lowest BCUT2D eigenvalue weighted by Crippen LogP contribution is -2.07. The number of hydrogen-bond acceptors (Lipinski definition) is 4. The normalized spacial score (nSPS) is 10.7. The molecule has 3 nitrogen and oxygen atoms in total. The lowest BCUT2D eigenvalue weighted by molar-refractivity contribution is 0.242. The molecule has 1 aromatic carbocycles. The van der Waals surface area contributed by atoms with Crippen LogP contribution in [0.1, 0.15) is 33.1 Å². The van der Waals surface area contributed by atoms with E-state index in [0.717, 1.165) is 23.7 Å². The molecule has 3 N–H and O–H groups in total. The van der Waals surface area contributed by atoms with Crippen molar-refractivity contribution in [3.63, 3.8) is 0 Å². The second-order valence-electron chi connectivity index (χ2n) is 4.94. The van der Waals surface area contributed by atoms with Crippen molar-refractivity contribution in [2.75, 3.05) is 29.6 Å². The van der Waals surface area contributed by atoms with Gasteiger partial charge in [-0.1, -0.05) is 6.42 Å². The number of nitrogen functional groups attached to an aromatic ring is 1. The molecular formula is C15H26N2OS. The zero-order chi connectivity index (χ0) is 14.1. The number of benzene rings is 1. The van der Waals surface area contributed by atoms with Crippen LogP contribution in [-0.2, 0) is 0 Å². The number of nitrogens with two attached hydrogens (primary N) is 1. The Balaban J connectivity index is 2.38. The minimum absolute atomic E-state index is 0.168. The van der Waals surface area contributed by atoms with Gasteiger partial charge >= 0.3 is 0 Å². The molecule has 0 bridgehead atoms. The summed E-state index contributed by atoms with van der Waals surface area (Å²) in [6, 6.07) is 5.83. The maximum absolute atomic E-state index is 5.88. The average molecular weight is 282 g/mol. The van der Waals surface area contributed by atoms with Crippen LogP contribution in [0, 0.1) is 0 Å². The molecule has 0 aliphatic rings. The monoisotopic (exact) mass is 282 g/mol. The summed E-state index contributed by atoms with van der Waals surface area (Å²) in [7, 11) is 0. The summed E-state index contributed by atoms with van der Waals surface area (Å²) in [4.78, 5) is 0. The van der Waals surface area contributed by atoms with Crippen LogP contribution in [0.4, 0.5) is 11.4 Å². The molecule has 0 amide bonds. The van der Waals surface area contributed by atoms with E-state index in [9.17, 15) is 0 Å². The summed E-state index contributed by atoms with van der Waals surface area (Å²) in [5.74, 6) is 2.09. The quantitative estimate of drug-likeness (QED) is 0.531. The van der Waals surface area contributed by atoms with Gasteiger partial charge in [-0.15, -0.1) is 0 Å².